The zero-order chi connectivity index (χ0) is 19.3. The number of nitrogens with zero attached hydrogens (tertiary/aromatic N) is 1. The van der Waals surface area contributed by atoms with Crippen molar-refractivity contribution in [3.63, 3.8) is 0 Å². The third kappa shape index (κ3) is 3.55. The normalized spacial score (nSPS) is 15.8. The Bertz CT molecular complexity index is 1040. The van der Waals surface area contributed by atoms with E-state index in [-0.39, 0.29) is 17.6 Å². The highest BCUT2D eigenvalue weighted by Crippen LogP contribution is 2.32. The highest BCUT2D eigenvalue weighted by atomic mass is 16.2. The molecule has 1 amide bonds. The molecule has 0 bridgehead atoms. The zero-order valence-electron chi connectivity index (χ0n) is 15.2. The van der Waals surface area contributed by atoms with Crippen molar-refractivity contribution in [2.75, 3.05) is 0 Å². The molecule has 0 saturated carbocycles. The number of rotatable bonds is 4. The summed E-state index contributed by atoms with van der Waals surface area (Å²) in [4.78, 5) is 27.6. The van der Waals surface area contributed by atoms with Crippen LogP contribution in [-0.4, -0.2) is 16.6 Å². The van der Waals surface area contributed by atoms with Crippen LogP contribution < -0.4 is 0 Å². The molecule has 1 aliphatic heterocycles. The second kappa shape index (κ2) is 7.89. The molecule has 3 aromatic rings. The first kappa shape index (κ1) is 17.7. The fourth-order valence-corrected chi connectivity index (χ4v) is 3.32. The fraction of sp³-hybridized carbons (Fsp3) is 0.0400. The summed E-state index contributed by atoms with van der Waals surface area (Å²) in [5, 5.41) is 0. The molecule has 4 rings (SSSR count). The van der Waals surface area contributed by atoms with E-state index in [1.165, 1.54) is 4.90 Å². The molecule has 0 spiro atoms. The van der Waals surface area contributed by atoms with Gasteiger partial charge in [0.15, 0.2) is 5.78 Å². The van der Waals surface area contributed by atoms with E-state index < -0.39 is 0 Å². The van der Waals surface area contributed by atoms with Gasteiger partial charge in [-0.1, -0.05) is 84.9 Å². The minimum absolute atomic E-state index is 0.0790. The molecule has 1 atom stereocenters. The number of allylic oxidation sites excluding steroid dienone is 2. The summed E-state index contributed by atoms with van der Waals surface area (Å²) in [7, 11) is 0. The summed E-state index contributed by atoms with van der Waals surface area (Å²) in [6.07, 6.45) is 5.32. The first-order valence-corrected chi connectivity index (χ1v) is 9.16. The smallest absolute Gasteiger partial charge is 0.261 e. The predicted octanol–water partition coefficient (Wildman–Crippen LogP) is 5.21. The Kier molecular flexibility index (Phi) is 4.98. The third-order valence-electron chi connectivity index (χ3n) is 4.76. The lowest BCUT2D eigenvalue weighted by molar-refractivity contribution is 0.0865. The van der Waals surface area contributed by atoms with Gasteiger partial charge >= 0.3 is 0 Å². The van der Waals surface area contributed by atoms with Gasteiger partial charge in [-0.25, -0.2) is 0 Å². The first-order chi connectivity index (χ1) is 13.7. The van der Waals surface area contributed by atoms with E-state index >= 15 is 0 Å². The second-order valence-electron chi connectivity index (χ2n) is 6.59. The van der Waals surface area contributed by atoms with E-state index in [1.807, 2.05) is 72.8 Å². The highest BCUT2D eigenvalue weighted by Gasteiger charge is 2.27. The lowest BCUT2D eigenvalue weighted by Gasteiger charge is -2.26. The van der Waals surface area contributed by atoms with Crippen LogP contribution in [0.3, 0.4) is 0 Å². The summed E-state index contributed by atoms with van der Waals surface area (Å²) in [6.45, 7) is 0. The van der Waals surface area contributed by atoms with Gasteiger partial charge in [0.25, 0.3) is 5.91 Å². The lowest BCUT2D eigenvalue weighted by atomic mass is 9.85. The molecule has 3 nitrogen and oxygen atoms in total. The first-order valence-electron chi connectivity index (χ1n) is 9.16. The highest BCUT2D eigenvalue weighted by molar-refractivity contribution is 6.10. The summed E-state index contributed by atoms with van der Waals surface area (Å²) in [5.41, 5.74) is 2.77. The number of carbonyl (C=O) groups is 2. The number of hydrogen-bond acceptors (Lipinski definition) is 2. The molecule has 0 saturated heterocycles. The number of ketones is 1. The van der Waals surface area contributed by atoms with Gasteiger partial charge in [0.1, 0.15) is 0 Å². The van der Waals surface area contributed by atoms with Crippen molar-refractivity contribution in [1.29, 1.82) is 0 Å². The molecule has 1 unspecified atom stereocenters. The van der Waals surface area contributed by atoms with Crippen molar-refractivity contribution < 1.29 is 9.59 Å². The quantitative estimate of drug-likeness (QED) is 0.596. The van der Waals surface area contributed by atoms with Gasteiger partial charge in [-0.05, 0) is 17.7 Å². The van der Waals surface area contributed by atoms with Gasteiger partial charge in [-0.15, -0.1) is 0 Å². The predicted molar refractivity (Wildman–Crippen MR) is 110 cm³/mol. The molecule has 3 heteroatoms. The van der Waals surface area contributed by atoms with Gasteiger partial charge in [0.2, 0.25) is 0 Å². The van der Waals surface area contributed by atoms with Crippen LogP contribution in [0.2, 0.25) is 0 Å². The topological polar surface area (TPSA) is 37.4 Å². The number of amides is 1. The fourth-order valence-electron chi connectivity index (χ4n) is 3.32. The van der Waals surface area contributed by atoms with Crippen molar-refractivity contribution in [1.82, 2.24) is 4.90 Å². The minimum atomic E-state index is -0.200. The second-order valence-corrected chi connectivity index (χ2v) is 6.59. The van der Waals surface area contributed by atoms with E-state index in [9.17, 15) is 9.59 Å². The summed E-state index contributed by atoms with van der Waals surface area (Å²) < 4.78 is 0. The summed E-state index contributed by atoms with van der Waals surface area (Å²) >= 11 is 0. The Morgan fingerprint density at radius 1 is 0.679 bits per heavy atom. The van der Waals surface area contributed by atoms with Gasteiger partial charge in [-0.3, -0.25) is 14.5 Å². The molecule has 3 aromatic carbocycles. The maximum absolute atomic E-state index is 13.2. The van der Waals surface area contributed by atoms with Gasteiger partial charge < -0.3 is 0 Å². The SMILES string of the molecule is O=C(C1=CN(C(=O)c2ccccc2)C=CC1c1ccccc1)c1ccccc1. The van der Waals surface area contributed by atoms with Crippen LogP contribution in [0, 0.1) is 0 Å². The lowest BCUT2D eigenvalue weighted by Crippen LogP contribution is -2.26. The van der Waals surface area contributed by atoms with Crippen molar-refractivity contribution in [2.45, 2.75) is 5.92 Å². The van der Waals surface area contributed by atoms with Crippen molar-refractivity contribution >= 4 is 11.7 Å². The van der Waals surface area contributed by atoms with Crippen molar-refractivity contribution in [2.24, 2.45) is 0 Å². The molecule has 0 aromatic heterocycles. The van der Waals surface area contributed by atoms with E-state index in [0.717, 1.165) is 5.56 Å². The largest absolute Gasteiger partial charge is 0.290 e. The molecule has 0 aliphatic carbocycles. The van der Waals surface area contributed by atoms with E-state index in [2.05, 4.69) is 0 Å². The summed E-state index contributed by atoms with van der Waals surface area (Å²) in [5.74, 6) is -0.444. The minimum Gasteiger partial charge on any atom is -0.290 e. The van der Waals surface area contributed by atoms with E-state index in [0.29, 0.717) is 16.7 Å². The van der Waals surface area contributed by atoms with Crippen molar-refractivity contribution in [3.8, 4) is 0 Å². The van der Waals surface area contributed by atoms with E-state index in [4.69, 9.17) is 0 Å². The number of hydrogen-bond donors (Lipinski definition) is 0. The number of benzene rings is 3. The average molecular weight is 365 g/mol. The molecule has 136 valence electrons. The maximum atomic E-state index is 13.2. The van der Waals surface area contributed by atoms with Crippen LogP contribution in [0.5, 0.6) is 0 Å². The van der Waals surface area contributed by atoms with E-state index in [1.54, 1.807) is 36.7 Å². The van der Waals surface area contributed by atoms with Gasteiger partial charge in [-0.2, -0.15) is 0 Å². The van der Waals surface area contributed by atoms with Crippen molar-refractivity contribution in [3.05, 3.63) is 132 Å². The molecule has 0 N–H and O–H groups in total. The average Bonchev–Trinajstić information content (AvgIpc) is 2.79. The molecule has 1 aliphatic rings. The van der Waals surface area contributed by atoms with Gasteiger partial charge in [0, 0.05) is 35.0 Å². The Balaban J connectivity index is 1.74. The molecule has 1 heterocycles. The summed E-state index contributed by atoms with van der Waals surface area (Å²) in [6, 6.07) is 28.1. The zero-order valence-corrected chi connectivity index (χ0v) is 15.2. The van der Waals surface area contributed by atoms with Gasteiger partial charge in [0.05, 0.1) is 0 Å². The van der Waals surface area contributed by atoms with Crippen LogP contribution in [-0.2, 0) is 0 Å². The molecular weight excluding hydrogens is 346 g/mol. The standard InChI is InChI=1S/C25H19NO2/c27-24(20-12-6-2-7-13-20)23-18-26(25(28)21-14-8-3-9-15-21)17-16-22(23)19-10-4-1-5-11-19/h1-18,22H. The molecule has 0 fully saturated rings. The molecular formula is C25H19NO2. The molecule has 0 radical (unpaired) electrons. The molecule has 28 heavy (non-hydrogen) atoms. The number of Topliss-reactive ketones (excluding diaryl/α,β-unsaturated/α-hetero) is 1. The third-order valence-corrected chi connectivity index (χ3v) is 4.76. The monoisotopic (exact) mass is 365 g/mol. The number of carbonyl (C=O) groups excluding carboxylic acids is 2. The maximum Gasteiger partial charge on any atom is 0.261 e. The van der Waals surface area contributed by atoms with Crippen LogP contribution in [0.15, 0.2) is 115 Å². The van der Waals surface area contributed by atoms with Crippen LogP contribution in [0.1, 0.15) is 32.2 Å². The Morgan fingerprint density at radius 3 is 1.82 bits per heavy atom. The Labute approximate surface area is 164 Å². The van der Waals surface area contributed by atoms with Crippen LogP contribution in [0.4, 0.5) is 0 Å². The van der Waals surface area contributed by atoms with Crippen LogP contribution >= 0.6 is 0 Å². The Morgan fingerprint density at radius 2 is 1.21 bits per heavy atom. The Hall–Kier alpha value is -3.72. The van der Waals surface area contributed by atoms with Crippen LogP contribution in [0.25, 0.3) is 0 Å².